The first-order chi connectivity index (χ1) is 18.2. The number of nitrogens with zero attached hydrogens (tertiary/aromatic N) is 2. The second-order valence-corrected chi connectivity index (χ2v) is 14.1. The minimum absolute atomic E-state index is 0.0650. The first-order valence-corrected chi connectivity index (χ1v) is 15.9. The van der Waals surface area contributed by atoms with Gasteiger partial charge < -0.3 is 10.2 Å². The molecule has 10 heteroatoms. The number of hydrogen-bond donors (Lipinski definition) is 1. The van der Waals surface area contributed by atoms with Crippen molar-refractivity contribution in [1.29, 1.82) is 0 Å². The highest BCUT2D eigenvalue weighted by Gasteiger charge is 2.31. The van der Waals surface area contributed by atoms with E-state index in [1.54, 1.807) is 37.3 Å². The molecule has 3 rings (SSSR count). The summed E-state index contributed by atoms with van der Waals surface area (Å²) < 4.78 is 26.7. The Morgan fingerprint density at radius 3 is 2.15 bits per heavy atom. The van der Waals surface area contributed by atoms with Crippen molar-refractivity contribution in [2.45, 2.75) is 83.8 Å². The third kappa shape index (κ3) is 8.60. The minimum atomic E-state index is -3.80. The van der Waals surface area contributed by atoms with Gasteiger partial charge in [0, 0.05) is 12.6 Å². The third-order valence-electron chi connectivity index (χ3n) is 7.16. The number of anilines is 1. The van der Waals surface area contributed by atoms with Crippen LogP contribution < -0.4 is 9.62 Å². The van der Waals surface area contributed by atoms with E-state index in [2.05, 4.69) is 26.1 Å². The summed E-state index contributed by atoms with van der Waals surface area (Å²) in [5, 5.41) is 3.79. The summed E-state index contributed by atoms with van der Waals surface area (Å²) in [7, 11) is -3.80. The van der Waals surface area contributed by atoms with Crippen LogP contribution in [0.2, 0.25) is 10.0 Å². The van der Waals surface area contributed by atoms with Crippen LogP contribution in [-0.2, 0) is 31.6 Å². The highest BCUT2D eigenvalue weighted by Crippen LogP contribution is 2.27. The fraction of sp³-hybridized carbons (Fsp3) is 0.517. The molecule has 0 bridgehead atoms. The number of hydrogen-bond acceptors (Lipinski definition) is 4. The molecule has 0 unspecified atom stereocenters. The minimum Gasteiger partial charge on any atom is -0.352 e. The van der Waals surface area contributed by atoms with Gasteiger partial charge in [0.05, 0.1) is 22.0 Å². The molecule has 0 radical (unpaired) electrons. The highest BCUT2D eigenvalue weighted by atomic mass is 35.5. The normalized spacial score (nSPS) is 15.5. The molecule has 7 nitrogen and oxygen atoms in total. The molecule has 1 fully saturated rings. The van der Waals surface area contributed by atoms with E-state index >= 15 is 0 Å². The molecular weight excluding hydrogens is 557 g/mol. The fourth-order valence-electron chi connectivity index (χ4n) is 4.73. The Morgan fingerprint density at radius 2 is 1.62 bits per heavy atom. The molecule has 2 aromatic carbocycles. The van der Waals surface area contributed by atoms with Gasteiger partial charge in [0.15, 0.2) is 0 Å². The molecule has 1 saturated carbocycles. The van der Waals surface area contributed by atoms with Gasteiger partial charge in [-0.1, -0.05) is 81.4 Å². The van der Waals surface area contributed by atoms with Crippen molar-refractivity contribution < 1.29 is 18.0 Å². The molecule has 214 valence electrons. The van der Waals surface area contributed by atoms with Crippen molar-refractivity contribution in [3.63, 3.8) is 0 Å². The summed E-state index contributed by atoms with van der Waals surface area (Å²) in [6, 6.07) is 11.4. The second-order valence-electron chi connectivity index (χ2n) is 11.4. The molecule has 1 atom stereocenters. The van der Waals surface area contributed by atoms with E-state index in [1.165, 1.54) is 4.90 Å². The van der Waals surface area contributed by atoms with Crippen LogP contribution in [0.15, 0.2) is 42.5 Å². The lowest BCUT2D eigenvalue weighted by molar-refractivity contribution is -0.139. The van der Waals surface area contributed by atoms with Gasteiger partial charge >= 0.3 is 0 Å². The molecule has 2 aromatic rings. The van der Waals surface area contributed by atoms with Gasteiger partial charge in [0.25, 0.3) is 0 Å². The van der Waals surface area contributed by atoms with E-state index in [-0.39, 0.29) is 23.9 Å². The van der Waals surface area contributed by atoms with E-state index in [9.17, 15) is 18.0 Å². The third-order valence-corrected chi connectivity index (χ3v) is 9.04. The molecule has 0 heterocycles. The van der Waals surface area contributed by atoms with Gasteiger partial charge in [-0.05, 0) is 60.6 Å². The first kappa shape index (κ1) is 31.2. The molecule has 1 aliphatic rings. The van der Waals surface area contributed by atoms with Crippen molar-refractivity contribution in [2.75, 3.05) is 17.1 Å². The van der Waals surface area contributed by atoms with Crippen LogP contribution in [0.5, 0.6) is 0 Å². The Kier molecular flexibility index (Phi) is 10.3. The van der Waals surface area contributed by atoms with Crippen LogP contribution in [0.4, 0.5) is 5.69 Å². The fourth-order valence-corrected chi connectivity index (χ4v) is 5.90. The van der Waals surface area contributed by atoms with E-state index in [0.29, 0.717) is 21.3 Å². The molecule has 2 amide bonds. The van der Waals surface area contributed by atoms with Crippen molar-refractivity contribution in [3.8, 4) is 0 Å². The highest BCUT2D eigenvalue weighted by molar-refractivity contribution is 7.92. The van der Waals surface area contributed by atoms with Crippen molar-refractivity contribution in [1.82, 2.24) is 10.2 Å². The number of nitrogens with one attached hydrogen (secondary N) is 1. The lowest BCUT2D eigenvalue weighted by atomic mass is 9.87. The largest absolute Gasteiger partial charge is 0.352 e. The summed E-state index contributed by atoms with van der Waals surface area (Å²) in [6.45, 7) is 7.49. The number of benzene rings is 2. The van der Waals surface area contributed by atoms with Crippen LogP contribution >= 0.6 is 23.2 Å². The molecule has 39 heavy (non-hydrogen) atoms. The summed E-state index contributed by atoms with van der Waals surface area (Å²) in [4.78, 5) is 28.4. The molecule has 0 saturated heterocycles. The SMILES string of the molecule is C[C@@H](C(=O)NC1CCCCC1)N(Cc1ccc(Cl)c(Cl)c1)C(=O)CN(c1ccc(C(C)(C)C)cc1)S(C)(=O)=O. The van der Waals surface area contributed by atoms with E-state index in [0.717, 1.165) is 48.2 Å². The van der Waals surface area contributed by atoms with E-state index in [4.69, 9.17) is 23.2 Å². The van der Waals surface area contributed by atoms with Crippen LogP contribution in [0.25, 0.3) is 0 Å². The number of rotatable bonds is 9. The Labute approximate surface area is 242 Å². The molecular formula is C29H39Cl2N3O4S. The molecule has 0 aliphatic heterocycles. The number of halogens is 2. The van der Waals surface area contributed by atoms with Crippen molar-refractivity contribution >= 4 is 50.7 Å². The number of carbonyl (C=O) groups excluding carboxylic acids is 2. The monoisotopic (exact) mass is 595 g/mol. The molecule has 1 aliphatic carbocycles. The lowest BCUT2D eigenvalue weighted by Gasteiger charge is -2.33. The van der Waals surface area contributed by atoms with Crippen molar-refractivity contribution in [2.24, 2.45) is 0 Å². The summed E-state index contributed by atoms with van der Waals surface area (Å²) in [5.41, 5.74) is 1.99. The zero-order valence-corrected chi connectivity index (χ0v) is 25.7. The van der Waals surface area contributed by atoms with Gasteiger partial charge in [0.1, 0.15) is 12.6 Å². The van der Waals surface area contributed by atoms with E-state index < -0.39 is 28.5 Å². The molecule has 0 spiro atoms. The number of carbonyl (C=O) groups is 2. The summed E-state index contributed by atoms with van der Waals surface area (Å²) in [6.07, 6.45) is 6.16. The number of sulfonamides is 1. The molecule has 1 N–H and O–H groups in total. The zero-order valence-electron chi connectivity index (χ0n) is 23.3. The van der Waals surface area contributed by atoms with Gasteiger partial charge in [-0.3, -0.25) is 13.9 Å². The maximum atomic E-state index is 13.8. The van der Waals surface area contributed by atoms with Crippen LogP contribution in [0.1, 0.15) is 70.9 Å². The predicted octanol–water partition coefficient (Wildman–Crippen LogP) is 5.92. The zero-order chi connectivity index (χ0) is 29.0. The average Bonchev–Trinajstić information content (AvgIpc) is 2.87. The smallest absolute Gasteiger partial charge is 0.244 e. The lowest BCUT2D eigenvalue weighted by Crippen LogP contribution is -2.53. The quantitative estimate of drug-likeness (QED) is 0.389. The van der Waals surface area contributed by atoms with E-state index in [1.807, 2.05) is 12.1 Å². The maximum absolute atomic E-state index is 13.8. The number of amides is 2. The summed E-state index contributed by atoms with van der Waals surface area (Å²) in [5.74, 6) is -0.770. The Hall–Kier alpha value is -2.29. The maximum Gasteiger partial charge on any atom is 0.244 e. The Bertz CT molecular complexity index is 1270. The van der Waals surface area contributed by atoms with Gasteiger partial charge in [0.2, 0.25) is 21.8 Å². The molecule has 0 aromatic heterocycles. The topological polar surface area (TPSA) is 86.8 Å². The van der Waals surface area contributed by atoms with Gasteiger partial charge in [-0.15, -0.1) is 0 Å². The van der Waals surface area contributed by atoms with Gasteiger partial charge in [-0.25, -0.2) is 8.42 Å². The average molecular weight is 597 g/mol. The standard InChI is InChI=1S/C29H39Cl2N3O4S/c1-20(28(36)32-23-9-7-6-8-10-23)33(18-21-11-16-25(30)26(31)17-21)27(35)19-34(39(5,37)38)24-14-12-22(13-15-24)29(2,3)4/h11-17,20,23H,6-10,18-19H2,1-5H3,(H,32,36)/t20-/m0/s1. The summed E-state index contributed by atoms with van der Waals surface area (Å²) >= 11 is 12.3. The second kappa shape index (κ2) is 12.9. The van der Waals surface area contributed by atoms with Crippen molar-refractivity contribution in [3.05, 3.63) is 63.6 Å². The van der Waals surface area contributed by atoms with Crippen LogP contribution in [0, 0.1) is 0 Å². The predicted molar refractivity (Wildman–Crippen MR) is 159 cm³/mol. The Balaban J connectivity index is 1.89. The Morgan fingerprint density at radius 1 is 1.00 bits per heavy atom. The first-order valence-electron chi connectivity index (χ1n) is 13.3. The van der Waals surface area contributed by atoms with Crippen LogP contribution in [-0.4, -0.2) is 50.0 Å². The van der Waals surface area contributed by atoms with Crippen LogP contribution in [0.3, 0.4) is 0 Å². The van der Waals surface area contributed by atoms with Gasteiger partial charge in [-0.2, -0.15) is 0 Å².